The van der Waals surface area contributed by atoms with Crippen LogP contribution in [0.2, 0.25) is 0 Å². The van der Waals surface area contributed by atoms with Crippen LogP contribution in [0.4, 0.5) is 4.39 Å². The van der Waals surface area contributed by atoms with Crippen molar-refractivity contribution in [2.75, 3.05) is 0 Å². The van der Waals surface area contributed by atoms with Crippen molar-refractivity contribution in [3.63, 3.8) is 0 Å². The molecule has 116 valence electrons. The van der Waals surface area contributed by atoms with E-state index in [0.29, 0.717) is 16.8 Å². The highest BCUT2D eigenvalue weighted by Crippen LogP contribution is 2.16. The van der Waals surface area contributed by atoms with E-state index in [0.717, 1.165) is 5.56 Å². The minimum atomic E-state index is -3.76. The first-order valence-electron chi connectivity index (χ1n) is 6.69. The number of aryl methyl sites for hydroxylation is 2. The van der Waals surface area contributed by atoms with E-state index in [9.17, 15) is 12.8 Å². The van der Waals surface area contributed by atoms with Crippen molar-refractivity contribution in [1.82, 2.24) is 4.83 Å². The van der Waals surface area contributed by atoms with Crippen molar-refractivity contribution in [2.45, 2.75) is 25.7 Å². The maximum absolute atomic E-state index is 13.2. The zero-order valence-corrected chi connectivity index (χ0v) is 13.4. The standard InChI is InChI=1S/C16H17FN2O2S/c1-11-7-8-12(2)16(9-11)22(20,21)19-18-13(3)14-5-4-6-15(17)10-14/h4-10,19H,1-3H3/b18-13+. The fraction of sp³-hybridized carbons (Fsp3) is 0.188. The number of halogens is 1. The Hall–Kier alpha value is -2.21. The van der Waals surface area contributed by atoms with Gasteiger partial charge in [0.05, 0.1) is 10.6 Å². The average Bonchev–Trinajstić information content (AvgIpc) is 2.47. The molecular formula is C16H17FN2O2S. The van der Waals surface area contributed by atoms with Gasteiger partial charge in [0.1, 0.15) is 5.82 Å². The molecule has 0 fully saturated rings. The number of hydrazone groups is 1. The van der Waals surface area contributed by atoms with E-state index in [-0.39, 0.29) is 4.90 Å². The van der Waals surface area contributed by atoms with E-state index in [2.05, 4.69) is 9.93 Å². The first-order valence-corrected chi connectivity index (χ1v) is 8.17. The Labute approximate surface area is 129 Å². The number of benzene rings is 2. The first kappa shape index (κ1) is 16.2. The zero-order valence-electron chi connectivity index (χ0n) is 12.6. The molecule has 0 aromatic heterocycles. The molecule has 0 saturated carbocycles. The topological polar surface area (TPSA) is 58.5 Å². The summed E-state index contributed by atoms with van der Waals surface area (Å²) < 4.78 is 37.8. The molecule has 4 nitrogen and oxygen atoms in total. The Kier molecular flexibility index (Phi) is 4.61. The number of hydrogen-bond donors (Lipinski definition) is 1. The number of hydrogen-bond acceptors (Lipinski definition) is 3. The van der Waals surface area contributed by atoms with Crippen LogP contribution in [-0.4, -0.2) is 14.1 Å². The molecule has 22 heavy (non-hydrogen) atoms. The smallest absolute Gasteiger partial charge is 0.207 e. The molecule has 0 radical (unpaired) electrons. The Morgan fingerprint density at radius 1 is 1.14 bits per heavy atom. The summed E-state index contributed by atoms with van der Waals surface area (Å²) in [6, 6.07) is 11.0. The Bertz CT molecular complexity index is 830. The predicted molar refractivity (Wildman–Crippen MR) is 84.8 cm³/mol. The van der Waals surface area contributed by atoms with Crippen LogP contribution in [0.1, 0.15) is 23.6 Å². The van der Waals surface area contributed by atoms with Gasteiger partial charge in [0.2, 0.25) is 0 Å². The summed E-state index contributed by atoms with van der Waals surface area (Å²) in [7, 11) is -3.76. The van der Waals surface area contributed by atoms with Crippen LogP contribution in [0.3, 0.4) is 0 Å². The molecule has 0 aliphatic rings. The van der Waals surface area contributed by atoms with Gasteiger partial charge < -0.3 is 0 Å². The molecule has 2 aromatic carbocycles. The number of nitrogens with zero attached hydrogens (tertiary/aromatic N) is 1. The molecule has 0 aliphatic heterocycles. The van der Waals surface area contributed by atoms with Gasteiger partial charge in [0, 0.05) is 5.56 Å². The van der Waals surface area contributed by atoms with E-state index in [4.69, 9.17) is 0 Å². The molecular weight excluding hydrogens is 303 g/mol. The summed E-state index contributed by atoms with van der Waals surface area (Å²) in [5.74, 6) is -0.399. The quantitative estimate of drug-likeness (QED) is 0.695. The van der Waals surface area contributed by atoms with Crippen LogP contribution in [0.25, 0.3) is 0 Å². The van der Waals surface area contributed by atoms with Gasteiger partial charge in [-0.3, -0.25) is 0 Å². The van der Waals surface area contributed by atoms with Crippen LogP contribution in [0.5, 0.6) is 0 Å². The molecule has 0 unspecified atom stereocenters. The minimum Gasteiger partial charge on any atom is -0.207 e. The third-order valence-electron chi connectivity index (χ3n) is 3.21. The van der Waals surface area contributed by atoms with E-state index in [1.54, 1.807) is 38.1 Å². The fourth-order valence-electron chi connectivity index (χ4n) is 1.95. The molecule has 6 heteroatoms. The Morgan fingerprint density at radius 2 is 1.86 bits per heavy atom. The van der Waals surface area contributed by atoms with Crippen LogP contribution < -0.4 is 4.83 Å². The molecule has 0 bridgehead atoms. The van der Waals surface area contributed by atoms with E-state index in [1.165, 1.54) is 12.1 Å². The number of sulfonamides is 1. The third-order valence-corrected chi connectivity index (χ3v) is 4.56. The molecule has 0 amide bonds. The van der Waals surface area contributed by atoms with Gasteiger partial charge in [-0.2, -0.15) is 18.4 Å². The van der Waals surface area contributed by atoms with Crippen LogP contribution in [0, 0.1) is 19.7 Å². The number of nitrogens with one attached hydrogen (secondary N) is 1. The predicted octanol–water partition coefficient (Wildman–Crippen LogP) is 3.15. The third kappa shape index (κ3) is 3.71. The van der Waals surface area contributed by atoms with Crippen molar-refractivity contribution in [3.8, 4) is 0 Å². The van der Waals surface area contributed by atoms with Crippen molar-refractivity contribution < 1.29 is 12.8 Å². The lowest BCUT2D eigenvalue weighted by atomic mass is 10.1. The summed E-state index contributed by atoms with van der Waals surface area (Å²) in [5.41, 5.74) is 2.38. The van der Waals surface area contributed by atoms with Gasteiger partial charge in [-0.25, -0.2) is 4.39 Å². The second-order valence-electron chi connectivity index (χ2n) is 5.07. The summed E-state index contributed by atoms with van der Waals surface area (Å²) >= 11 is 0. The summed E-state index contributed by atoms with van der Waals surface area (Å²) in [6.07, 6.45) is 0. The first-order chi connectivity index (χ1) is 10.3. The summed E-state index contributed by atoms with van der Waals surface area (Å²) in [4.78, 5) is 2.38. The second kappa shape index (κ2) is 6.27. The molecule has 2 rings (SSSR count). The van der Waals surface area contributed by atoms with Gasteiger partial charge in [-0.05, 0) is 50.1 Å². The number of rotatable bonds is 4. The van der Waals surface area contributed by atoms with Gasteiger partial charge in [-0.1, -0.05) is 24.3 Å². The van der Waals surface area contributed by atoms with Crippen molar-refractivity contribution in [1.29, 1.82) is 0 Å². The maximum atomic E-state index is 13.2. The lowest BCUT2D eigenvalue weighted by Gasteiger charge is -2.09. The van der Waals surface area contributed by atoms with Crippen molar-refractivity contribution >= 4 is 15.7 Å². The van der Waals surface area contributed by atoms with E-state index >= 15 is 0 Å². The van der Waals surface area contributed by atoms with E-state index < -0.39 is 15.8 Å². The normalized spacial score (nSPS) is 12.3. The van der Waals surface area contributed by atoms with Gasteiger partial charge in [-0.15, -0.1) is 0 Å². The zero-order chi connectivity index (χ0) is 16.3. The van der Waals surface area contributed by atoms with Gasteiger partial charge >= 0.3 is 0 Å². The molecule has 0 heterocycles. The lowest BCUT2D eigenvalue weighted by molar-refractivity contribution is 0.583. The molecule has 0 spiro atoms. The highest BCUT2D eigenvalue weighted by molar-refractivity contribution is 7.89. The molecule has 0 saturated heterocycles. The Balaban J connectivity index is 2.29. The summed E-state index contributed by atoms with van der Waals surface area (Å²) in [6.45, 7) is 5.15. The summed E-state index contributed by atoms with van der Waals surface area (Å²) in [5, 5.41) is 3.87. The largest absolute Gasteiger partial charge is 0.276 e. The minimum absolute atomic E-state index is 0.184. The highest BCUT2D eigenvalue weighted by Gasteiger charge is 2.16. The second-order valence-corrected chi connectivity index (χ2v) is 6.70. The van der Waals surface area contributed by atoms with Crippen molar-refractivity contribution in [3.05, 3.63) is 65.0 Å². The maximum Gasteiger partial charge on any atom is 0.276 e. The monoisotopic (exact) mass is 320 g/mol. The molecule has 2 aromatic rings. The lowest BCUT2D eigenvalue weighted by Crippen LogP contribution is -2.21. The Morgan fingerprint density at radius 3 is 2.55 bits per heavy atom. The van der Waals surface area contributed by atoms with Crippen LogP contribution in [-0.2, 0) is 10.0 Å². The van der Waals surface area contributed by atoms with Crippen molar-refractivity contribution in [2.24, 2.45) is 5.10 Å². The average molecular weight is 320 g/mol. The molecule has 0 aliphatic carbocycles. The fourth-order valence-corrected chi connectivity index (χ4v) is 3.14. The van der Waals surface area contributed by atoms with Crippen LogP contribution in [0.15, 0.2) is 52.5 Å². The molecule has 0 atom stereocenters. The SMILES string of the molecule is C/C(=N\NS(=O)(=O)c1cc(C)ccc1C)c1cccc(F)c1. The highest BCUT2D eigenvalue weighted by atomic mass is 32.2. The van der Waals surface area contributed by atoms with Gasteiger partial charge in [0.15, 0.2) is 0 Å². The van der Waals surface area contributed by atoms with Crippen LogP contribution >= 0.6 is 0 Å². The van der Waals surface area contributed by atoms with Gasteiger partial charge in [0.25, 0.3) is 10.0 Å². The van der Waals surface area contributed by atoms with E-state index in [1.807, 2.05) is 13.0 Å². The molecule has 1 N–H and O–H groups in total.